The van der Waals surface area contributed by atoms with Gasteiger partial charge < -0.3 is 5.73 Å². The topological polar surface area (TPSA) is 26.0 Å². The molecular weight excluding hydrogens is 298 g/mol. The third kappa shape index (κ3) is 5.59. The molecule has 0 aliphatic rings. The highest BCUT2D eigenvalue weighted by Crippen LogP contribution is 2.36. The maximum atomic E-state index is 12.9. The fraction of sp³-hybridized carbons (Fsp3) is 0.538. The molecule has 0 fully saturated rings. The van der Waals surface area contributed by atoms with Crippen LogP contribution in [-0.2, 0) is 6.18 Å². The van der Waals surface area contributed by atoms with E-state index in [0.717, 1.165) is 25.3 Å². The monoisotopic (exact) mass is 315 g/mol. The van der Waals surface area contributed by atoms with Crippen molar-refractivity contribution in [2.75, 3.05) is 0 Å². The third-order valence-electron chi connectivity index (χ3n) is 2.84. The molecule has 0 aliphatic carbocycles. The SMILES string of the molecule is CCCCC[C@H](N)c1ccc(Cl)cc1C(F)(F)F.Cl. The van der Waals surface area contributed by atoms with E-state index in [2.05, 4.69) is 0 Å². The molecule has 1 aromatic rings. The number of benzene rings is 1. The Morgan fingerprint density at radius 3 is 2.42 bits per heavy atom. The molecule has 1 aromatic carbocycles. The van der Waals surface area contributed by atoms with Gasteiger partial charge in [-0.05, 0) is 24.1 Å². The van der Waals surface area contributed by atoms with Crippen LogP contribution < -0.4 is 5.73 Å². The number of nitrogens with two attached hydrogens (primary N) is 1. The summed E-state index contributed by atoms with van der Waals surface area (Å²) in [7, 11) is 0. The molecule has 0 amide bonds. The summed E-state index contributed by atoms with van der Waals surface area (Å²) < 4.78 is 38.6. The lowest BCUT2D eigenvalue weighted by atomic mass is 9.96. The highest BCUT2D eigenvalue weighted by atomic mass is 35.5. The predicted octanol–water partition coefficient (Wildman–Crippen LogP) is 5.36. The molecule has 0 saturated heterocycles. The summed E-state index contributed by atoms with van der Waals surface area (Å²) in [5, 5.41) is 0.0758. The zero-order chi connectivity index (χ0) is 13.8. The molecule has 6 heteroatoms. The van der Waals surface area contributed by atoms with Crippen LogP contribution in [0.1, 0.15) is 49.8 Å². The molecule has 0 saturated carbocycles. The Hall–Kier alpha value is -0.450. The molecule has 110 valence electrons. The Bertz CT molecular complexity index is 394. The fourth-order valence-corrected chi connectivity index (χ4v) is 2.04. The maximum absolute atomic E-state index is 12.9. The van der Waals surface area contributed by atoms with Crippen molar-refractivity contribution in [1.82, 2.24) is 0 Å². The molecule has 0 unspecified atom stereocenters. The van der Waals surface area contributed by atoms with Gasteiger partial charge in [0.25, 0.3) is 0 Å². The minimum atomic E-state index is -4.41. The van der Waals surface area contributed by atoms with Crippen molar-refractivity contribution in [2.24, 2.45) is 5.73 Å². The van der Waals surface area contributed by atoms with E-state index in [4.69, 9.17) is 17.3 Å². The number of unbranched alkanes of at least 4 members (excludes halogenated alkanes) is 2. The highest BCUT2D eigenvalue weighted by molar-refractivity contribution is 6.30. The first-order valence-electron chi connectivity index (χ1n) is 5.98. The minimum absolute atomic E-state index is 0. The summed E-state index contributed by atoms with van der Waals surface area (Å²) in [5.74, 6) is 0. The van der Waals surface area contributed by atoms with Gasteiger partial charge in [0, 0.05) is 11.1 Å². The van der Waals surface area contributed by atoms with Gasteiger partial charge in [-0.15, -0.1) is 12.4 Å². The molecule has 0 aliphatic heterocycles. The Morgan fingerprint density at radius 2 is 1.89 bits per heavy atom. The predicted molar refractivity (Wildman–Crippen MR) is 74.8 cm³/mol. The van der Waals surface area contributed by atoms with Crippen molar-refractivity contribution in [1.29, 1.82) is 0 Å². The second-order valence-electron chi connectivity index (χ2n) is 4.33. The summed E-state index contributed by atoms with van der Waals surface area (Å²) >= 11 is 5.61. The van der Waals surface area contributed by atoms with Gasteiger partial charge in [0.15, 0.2) is 0 Å². The number of alkyl halides is 3. The third-order valence-corrected chi connectivity index (χ3v) is 3.07. The number of halogens is 5. The van der Waals surface area contributed by atoms with Crippen molar-refractivity contribution in [3.8, 4) is 0 Å². The second kappa shape index (κ2) is 7.98. The molecule has 1 atom stereocenters. The molecule has 0 radical (unpaired) electrons. The molecule has 1 nitrogen and oxygen atoms in total. The van der Waals surface area contributed by atoms with Gasteiger partial charge in [-0.3, -0.25) is 0 Å². The smallest absolute Gasteiger partial charge is 0.324 e. The zero-order valence-electron chi connectivity index (χ0n) is 10.6. The van der Waals surface area contributed by atoms with Crippen LogP contribution in [-0.4, -0.2) is 0 Å². The van der Waals surface area contributed by atoms with Gasteiger partial charge in [-0.2, -0.15) is 13.2 Å². The van der Waals surface area contributed by atoms with Gasteiger partial charge in [0.05, 0.1) is 5.56 Å². The quantitative estimate of drug-likeness (QED) is 0.727. The van der Waals surface area contributed by atoms with Crippen molar-refractivity contribution < 1.29 is 13.2 Å². The van der Waals surface area contributed by atoms with Crippen LogP contribution in [0.5, 0.6) is 0 Å². The van der Waals surface area contributed by atoms with Crippen LogP contribution in [0, 0.1) is 0 Å². The van der Waals surface area contributed by atoms with Gasteiger partial charge in [-0.25, -0.2) is 0 Å². The van der Waals surface area contributed by atoms with Gasteiger partial charge in [0.1, 0.15) is 0 Å². The van der Waals surface area contributed by atoms with Crippen molar-refractivity contribution in [3.63, 3.8) is 0 Å². The lowest BCUT2D eigenvalue weighted by Crippen LogP contribution is -2.17. The second-order valence-corrected chi connectivity index (χ2v) is 4.77. The van der Waals surface area contributed by atoms with Gasteiger partial charge >= 0.3 is 6.18 Å². The lowest BCUT2D eigenvalue weighted by Gasteiger charge is -2.18. The first-order chi connectivity index (χ1) is 8.36. The van der Waals surface area contributed by atoms with Crippen molar-refractivity contribution in [2.45, 2.75) is 44.8 Å². The van der Waals surface area contributed by atoms with Crippen LogP contribution in [0.25, 0.3) is 0 Å². The van der Waals surface area contributed by atoms with E-state index in [9.17, 15) is 13.2 Å². The van der Waals surface area contributed by atoms with E-state index >= 15 is 0 Å². The van der Waals surface area contributed by atoms with E-state index in [1.54, 1.807) is 0 Å². The van der Waals surface area contributed by atoms with Gasteiger partial charge in [-0.1, -0.05) is 43.9 Å². The van der Waals surface area contributed by atoms with Crippen LogP contribution in [0.15, 0.2) is 18.2 Å². The molecule has 0 aromatic heterocycles. The molecular formula is C13H18Cl2F3N. The van der Waals surface area contributed by atoms with E-state index in [1.807, 2.05) is 6.92 Å². The zero-order valence-corrected chi connectivity index (χ0v) is 12.2. The first kappa shape index (κ1) is 18.6. The van der Waals surface area contributed by atoms with E-state index < -0.39 is 17.8 Å². The van der Waals surface area contributed by atoms with Crippen LogP contribution in [0.4, 0.5) is 13.2 Å². The van der Waals surface area contributed by atoms with E-state index in [-0.39, 0.29) is 23.0 Å². The molecule has 0 spiro atoms. The van der Waals surface area contributed by atoms with Gasteiger partial charge in [0.2, 0.25) is 0 Å². The summed E-state index contributed by atoms with van der Waals surface area (Å²) in [6.45, 7) is 2.04. The normalized spacial score (nSPS) is 12.9. The Balaban J connectivity index is 0.00000324. The first-order valence-corrected chi connectivity index (χ1v) is 6.36. The number of rotatable bonds is 5. The largest absolute Gasteiger partial charge is 0.416 e. The van der Waals surface area contributed by atoms with Crippen LogP contribution >= 0.6 is 24.0 Å². The average Bonchev–Trinajstić information content (AvgIpc) is 2.28. The summed E-state index contributed by atoms with van der Waals surface area (Å²) in [5.41, 5.74) is 5.24. The molecule has 1 rings (SSSR count). The van der Waals surface area contributed by atoms with Crippen LogP contribution in [0.3, 0.4) is 0 Å². The minimum Gasteiger partial charge on any atom is -0.324 e. The Morgan fingerprint density at radius 1 is 1.26 bits per heavy atom. The summed E-state index contributed by atoms with van der Waals surface area (Å²) in [6.07, 6.45) is -1.04. The maximum Gasteiger partial charge on any atom is 0.416 e. The average molecular weight is 316 g/mol. The number of hydrogen-bond acceptors (Lipinski definition) is 1. The summed E-state index contributed by atoms with van der Waals surface area (Å²) in [4.78, 5) is 0. The Kier molecular flexibility index (Phi) is 7.79. The standard InChI is InChI=1S/C13H17ClF3N.ClH/c1-2-3-4-5-12(18)10-7-6-9(14)8-11(10)13(15,16)17;/h6-8,12H,2-5,18H2,1H3;1H/t12-;/m0./s1. The summed E-state index contributed by atoms with van der Waals surface area (Å²) in [6, 6.07) is 3.18. The molecule has 0 bridgehead atoms. The van der Waals surface area contributed by atoms with Crippen molar-refractivity contribution >= 4 is 24.0 Å². The molecule has 2 N–H and O–H groups in total. The lowest BCUT2D eigenvalue weighted by molar-refractivity contribution is -0.138. The number of hydrogen-bond donors (Lipinski definition) is 1. The Labute approximate surface area is 122 Å². The van der Waals surface area contributed by atoms with E-state index in [0.29, 0.717) is 6.42 Å². The molecule has 0 heterocycles. The van der Waals surface area contributed by atoms with E-state index in [1.165, 1.54) is 12.1 Å². The fourth-order valence-electron chi connectivity index (χ4n) is 1.87. The van der Waals surface area contributed by atoms with Crippen molar-refractivity contribution in [3.05, 3.63) is 34.3 Å². The van der Waals surface area contributed by atoms with Crippen LogP contribution in [0.2, 0.25) is 5.02 Å². The highest BCUT2D eigenvalue weighted by Gasteiger charge is 2.34. The molecule has 19 heavy (non-hydrogen) atoms.